The molecule has 2 rings (SSSR count). The van der Waals surface area contributed by atoms with Crippen molar-refractivity contribution in [2.75, 3.05) is 39.9 Å². The number of amides is 3. The molecule has 2 saturated heterocycles. The van der Waals surface area contributed by atoms with Gasteiger partial charge in [0.1, 0.15) is 0 Å². The van der Waals surface area contributed by atoms with E-state index >= 15 is 0 Å². The maximum Gasteiger partial charge on any atom is 0.409 e. The van der Waals surface area contributed by atoms with Gasteiger partial charge in [0.05, 0.1) is 25.3 Å². The summed E-state index contributed by atoms with van der Waals surface area (Å²) in [6.45, 7) is 4.68. The number of likely N-dealkylation sites (tertiary alicyclic amines) is 1. The summed E-state index contributed by atoms with van der Waals surface area (Å²) in [6.07, 6.45) is 1.18. The molecule has 0 radical (unpaired) electrons. The van der Waals surface area contributed by atoms with Crippen LogP contribution in [0.3, 0.4) is 0 Å². The molecule has 2 fully saturated rings. The smallest absolute Gasteiger partial charge is 0.409 e. The molecule has 0 aromatic heterocycles. The highest BCUT2D eigenvalue weighted by atomic mass is 16.6. The Bertz CT molecular complexity index is 364. The Hall–Kier alpha value is -1.50. The molecular weight excluding hydrogens is 262 g/mol. The number of nitrogens with one attached hydrogen (secondary N) is 1. The van der Waals surface area contributed by atoms with Gasteiger partial charge < -0.3 is 24.6 Å². The number of hydrogen-bond acceptors (Lipinski definition) is 4. The van der Waals surface area contributed by atoms with Crippen molar-refractivity contribution in [3.8, 4) is 0 Å². The first-order valence-electron chi connectivity index (χ1n) is 7.16. The zero-order valence-electron chi connectivity index (χ0n) is 12.1. The molecule has 114 valence electrons. The van der Waals surface area contributed by atoms with Crippen LogP contribution < -0.4 is 5.32 Å². The minimum atomic E-state index is -0.309. The number of methoxy groups -OCH3 is 1. The molecule has 7 nitrogen and oxygen atoms in total. The lowest BCUT2D eigenvalue weighted by Crippen LogP contribution is -2.61. The second-order valence-corrected chi connectivity index (χ2v) is 5.05. The average molecular weight is 285 g/mol. The van der Waals surface area contributed by atoms with E-state index in [0.29, 0.717) is 26.1 Å². The highest BCUT2D eigenvalue weighted by Crippen LogP contribution is 2.21. The Morgan fingerprint density at radius 1 is 1.45 bits per heavy atom. The van der Waals surface area contributed by atoms with E-state index in [4.69, 9.17) is 9.47 Å². The van der Waals surface area contributed by atoms with Crippen molar-refractivity contribution in [2.24, 2.45) is 0 Å². The highest BCUT2D eigenvalue weighted by Gasteiger charge is 2.38. The summed E-state index contributed by atoms with van der Waals surface area (Å²) in [5.41, 5.74) is 0. The molecular formula is C13H23N3O4. The van der Waals surface area contributed by atoms with Crippen molar-refractivity contribution in [2.45, 2.75) is 31.9 Å². The molecule has 20 heavy (non-hydrogen) atoms. The van der Waals surface area contributed by atoms with E-state index in [1.807, 2.05) is 4.90 Å². The molecule has 2 atom stereocenters. The van der Waals surface area contributed by atoms with E-state index in [2.05, 4.69) is 5.32 Å². The molecule has 2 aliphatic heterocycles. The molecule has 2 aliphatic rings. The van der Waals surface area contributed by atoms with Gasteiger partial charge in [-0.2, -0.15) is 0 Å². The highest BCUT2D eigenvalue weighted by molar-refractivity contribution is 5.75. The van der Waals surface area contributed by atoms with Gasteiger partial charge in [0, 0.05) is 26.7 Å². The maximum absolute atomic E-state index is 11.9. The normalized spacial score (nSPS) is 27.2. The largest absolute Gasteiger partial charge is 0.450 e. The Morgan fingerprint density at radius 2 is 2.25 bits per heavy atom. The first-order chi connectivity index (χ1) is 9.67. The van der Waals surface area contributed by atoms with E-state index < -0.39 is 0 Å². The summed E-state index contributed by atoms with van der Waals surface area (Å²) >= 11 is 0. The minimum absolute atomic E-state index is 0.0194. The first kappa shape index (κ1) is 14.9. The number of carbonyl (C=O) groups is 2. The van der Waals surface area contributed by atoms with Gasteiger partial charge in [-0.1, -0.05) is 0 Å². The molecule has 2 heterocycles. The van der Waals surface area contributed by atoms with E-state index in [9.17, 15) is 9.59 Å². The van der Waals surface area contributed by atoms with Crippen molar-refractivity contribution in [1.29, 1.82) is 0 Å². The van der Waals surface area contributed by atoms with Crippen molar-refractivity contribution in [3.05, 3.63) is 0 Å². The second-order valence-electron chi connectivity index (χ2n) is 5.05. The summed E-state index contributed by atoms with van der Waals surface area (Å²) in [7, 11) is 1.62. The number of urea groups is 1. The van der Waals surface area contributed by atoms with Crippen LogP contribution in [0.1, 0.15) is 19.8 Å². The Kier molecular flexibility index (Phi) is 5.05. The van der Waals surface area contributed by atoms with Crippen molar-refractivity contribution < 1.29 is 19.1 Å². The summed E-state index contributed by atoms with van der Waals surface area (Å²) in [5, 5.41) is 2.85. The van der Waals surface area contributed by atoms with Crippen LogP contribution in [0.4, 0.5) is 9.59 Å². The average Bonchev–Trinajstić information content (AvgIpc) is 2.47. The molecule has 7 heteroatoms. The van der Waals surface area contributed by atoms with E-state index in [-0.39, 0.29) is 24.3 Å². The monoisotopic (exact) mass is 285 g/mol. The third-order valence-electron chi connectivity index (χ3n) is 3.87. The standard InChI is InChI=1S/C13H23N3O4/c1-3-20-13(18)15-8-5-10(11(9-15)19-2)16-7-4-6-14-12(16)17/h10-11H,3-9H2,1-2H3,(H,14,17). The van der Waals surface area contributed by atoms with Crippen molar-refractivity contribution in [3.63, 3.8) is 0 Å². The van der Waals surface area contributed by atoms with Crippen LogP contribution in [0.5, 0.6) is 0 Å². The van der Waals surface area contributed by atoms with Crippen molar-refractivity contribution >= 4 is 12.1 Å². The van der Waals surface area contributed by atoms with Gasteiger partial charge in [0.15, 0.2) is 0 Å². The van der Waals surface area contributed by atoms with Crippen LogP contribution in [-0.4, -0.2) is 74.0 Å². The molecule has 0 bridgehead atoms. The summed E-state index contributed by atoms with van der Waals surface area (Å²) < 4.78 is 10.5. The zero-order chi connectivity index (χ0) is 14.5. The summed E-state index contributed by atoms with van der Waals surface area (Å²) in [4.78, 5) is 27.2. The first-order valence-corrected chi connectivity index (χ1v) is 7.16. The van der Waals surface area contributed by atoms with Crippen LogP contribution in [0.25, 0.3) is 0 Å². The van der Waals surface area contributed by atoms with Crippen LogP contribution in [0, 0.1) is 0 Å². The van der Waals surface area contributed by atoms with Crippen LogP contribution in [-0.2, 0) is 9.47 Å². The van der Waals surface area contributed by atoms with E-state index in [0.717, 1.165) is 19.5 Å². The van der Waals surface area contributed by atoms with Gasteiger partial charge in [0.2, 0.25) is 0 Å². The SMILES string of the molecule is CCOC(=O)N1CCC(N2CCCNC2=O)C(OC)C1. The summed E-state index contributed by atoms with van der Waals surface area (Å²) in [6, 6.07) is -0.0149. The third kappa shape index (κ3) is 3.15. The van der Waals surface area contributed by atoms with E-state index in [1.165, 1.54) is 0 Å². The molecule has 0 saturated carbocycles. The number of piperidine rings is 1. The van der Waals surface area contributed by atoms with Gasteiger partial charge >= 0.3 is 12.1 Å². The predicted octanol–water partition coefficient (Wildman–Crippen LogP) is 0.647. The van der Waals surface area contributed by atoms with Gasteiger partial charge in [-0.05, 0) is 19.8 Å². The molecule has 0 aromatic rings. The van der Waals surface area contributed by atoms with Crippen LogP contribution >= 0.6 is 0 Å². The topological polar surface area (TPSA) is 71.1 Å². The number of rotatable bonds is 3. The quantitative estimate of drug-likeness (QED) is 0.826. The number of ether oxygens (including phenoxy) is 2. The lowest BCUT2D eigenvalue weighted by Gasteiger charge is -2.43. The Balaban J connectivity index is 1.99. The third-order valence-corrected chi connectivity index (χ3v) is 3.87. The van der Waals surface area contributed by atoms with Crippen molar-refractivity contribution in [1.82, 2.24) is 15.1 Å². The second kappa shape index (κ2) is 6.78. The molecule has 2 unspecified atom stereocenters. The minimum Gasteiger partial charge on any atom is -0.450 e. The Labute approximate surface area is 119 Å². The van der Waals surface area contributed by atoms with Gasteiger partial charge in [-0.25, -0.2) is 9.59 Å². The van der Waals surface area contributed by atoms with Gasteiger partial charge in [0.25, 0.3) is 0 Å². The fourth-order valence-corrected chi connectivity index (χ4v) is 2.84. The predicted molar refractivity (Wildman–Crippen MR) is 72.5 cm³/mol. The molecule has 0 aromatic carbocycles. The van der Waals surface area contributed by atoms with E-state index in [1.54, 1.807) is 18.9 Å². The zero-order valence-corrected chi connectivity index (χ0v) is 12.1. The van der Waals surface area contributed by atoms with Crippen LogP contribution in [0.2, 0.25) is 0 Å². The summed E-state index contributed by atoms with van der Waals surface area (Å²) in [5.74, 6) is 0. The lowest BCUT2D eigenvalue weighted by molar-refractivity contribution is -0.0266. The molecule has 0 spiro atoms. The molecule has 0 aliphatic carbocycles. The maximum atomic E-state index is 11.9. The fraction of sp³-hybridized carbons (Fsp3) is 0.846. The molecule has 3 amide bonds. The fourth-order valence-electron chi connectivity index (χ4n) is 2.84. The molecule has 1 N–H and O–H groups in total. The number of hydrogen-bond donors (Lipinski definition) is 1. The number of carbonyl (C=O) groups excluding carboxylic acids is 2. The lowest BCUT2D eigenvalue weighted by atomic mass is 9.99. The Morgan fingerprint density at radius 3 is 2.90 bits per heavy atom. The van der Waals surface area contributed by atoms with Gasteiger partial charge in [-0.15, -0.1) is 0 Å². The van der Waals surface area contributed by atoms with Gasteiger partial charge in [-0.3, -0.25) is 0 Å². The number of nitrogens with zero attached hydrogens (tertiary/aromatic N) is 2. The van der Waals surface area contributed by atoms with Crippen LogP contribution in [0.15, 0.2) is 0 Å².